The zero-order valence-corrected chi connectivity index (χ0v) is 19.5. The molecule has 2 atom stereocenters. The lowest BCUT2D eigenvalue weighted by Gasteiger charge is -2.29. The molecule has 176 valence electrons. The van der Waals surface area contributed by atoms with Crippen LogP contribution in [0, 0.1) is 0 Å². The van der Waals surface area contributed by atoms with E-state index < -0.39 is 6.29 Å². The van der Waals surface area contributed by atoms with Gasteiger partial charge in [-0.3, -0.25) is 4.79 Å². The van der Waals surface area contributed by atoms with Crippen molar-refractivity contribution in [2.75, 3.05) is 26.9 Å². The Balaban J connectivity index is 1.38. The van der Waals surface area contributed by atoms with Gasteiger partial charge in [-0.15, -0.1) is 0 Å². The van der Waals surface area contributed by atoms with Gasteiger partial charge in [-0.25, -0.2) is 0 Å². The summed E-state index contributed by atoms with van der Waals surface area (Å²) in [6.07, 6.45) is 6.15. The summed E-state index contributed by atoms with van der Waals surface area (Å²) in [7, 11) is 1.65. The highest BCUT2D eigenvalue weighted by atomic mass is 32.1. The maximum atomic E-state index is 12.9. The standard InChI is InChI=1S/C25H30N2O5S/c1-30-20-4-5-22-21(14-20)17(15-27-22)6-8-26-25(29)23-12-19(18-7-11-33-16-18)13-24(32-23)31-10-3-2-9-28/h4-5,7,11-12,14-16,19,24,27-28H,2-3,6,8-10,13H2,1H3,(H,26,29)/t19-,24+/m0/s1. The highest BCUT2D eigenvalue weighted by molar-refractivity contribution is 7.08. The molecule has 3 N–H and O–H groups in total. The lowest BCUT2D eigenvalue weighted by molar-refractivity contribution is -0.146. The van der Waals surface area contributed by atoms with E-state index in [1.165, 1.54) is 0 Å². The van der Waals surface area contributed by atoms with Crippen LogP contribution in [-0.2, 0) is 20.7 Å². The third-order valence-electron chi connectivity index (χ3n) is 5.76. The first-order valence-corrected chi connectivity index (χ1v) is 12.2. The minimum atomic E-state index is -0.486. The molecule has 0 aliphatic carbocycles. The third kappa shape index (κ3) is 5.96. The Morgan fingerprint density at radius 3 is 3.03 bits per heavy atom. The molecule has 3 heterocycles. The second-order valence-electron chi connectivity index (χ2n) is 8.01. The SMILES string of the molecule is COc1ccc2[nH]cc(CCNC(=O)C3=C[C@H](c4ccsc4)C[C@H](OCCCCO)O3)c2c1. The number of thiophene rings is 1. The first-order chi connectivity index (χ1) is 16.2. The molecular formula is C25H30N2O5S. The fraction of sp³-hybridized carbons (Fsp3) is 0.400. The van der Waals surface area contributed by atoms with Crippen LogP contribution in [0.15, 0.2) is 53.1 Å². The minimum Gasteiger partial charge on any atom is -0.497 e. The van der Waals surface area contributed by atoms with Crippen LogP contribution in [-0.4, -0.2) is 49.2 Å². The van der Waals surface area contributed by atoms with E-state index in [2.05, 4.69) is 21.7 Å². The molecule has 0 saturated heterocycles. The number of H-pyrrole nitrogens is 1. The number of nitrogens with one attached hydrogen (secondary N) is 2. The van der Waals surface area contributed by atoms with Gasteiger partial charge >= 0.3 is 0 Å². The van der Waals surface area contributed by atoms with Crippen molar-refractivity contribution in [1.82, 2.24) is 10.3 Å². The summed E-state index contributed by atoms with van der Waals surface area (Å²) in [5.41, 5.74) is 3.31. The highest BCUT2D eigenvalue weighted by Gasteiger charge is 2.28. The van der Waals surface area contributed by atoms with Crippen LogP contribution in [0.1, 0.15) is 36.3 Å². The number of carbonyl (C=O) groups is 1. The molecule has 1 aliphatic rings. The van der Waals surface area contributed by atoms with Crippen LogP contribution in [0.3, 0.4) is 0 Å². The maximum absolute atomic E-state index is 12.9. The number of aliphatic hydroxyl groups excluding tert-OH is 1. The van der Waals surface area contributed by atoms with Gasteiger partial charge in [0.05, 0.1) is 13.7 Å². The first-order valence-electron chi connectivity index (χ1n) is 11.2. The highest BCUT2D eigenvalue weighted by Crippen LogP contribution is 2.32. The van der Waals surface area contributed by atoms with E-state index in [1.54, 1.807) is 18.4 Å². The van der Waals surface area contributed by atoms with Crippen LogP contribution in [0.2, 0.25) is 0 Å². The zero-order chi connectivity index (χ0) is 23.0. The predicted octanol–water partition coefficient (Wildman–Crippen LogP) is 4.10. The van der Waals surface area contributed by atoms with E-state index in [1.807, 2.05) is 35.9 Å². The Labute approximate surface area is 197 Å². The van der Waals surface area contributed by atoms with E-state index >= 15 is 0 Å². The van der Waals surface area contributed by atoms with Gasteiger partial charge in [-0.1, -0.05) is 0 Å². The van der Waals surface area contributed by atoms with E-state index in [0.717, 1.165) is 34.2 Å². The van der Waals surface area contributed by atoms with Crippen molar-refractivity contribution < 1.29 is 24.1 Å². The molecule has 1 aliphatic heterocycles. The summed E-state index contributed by atoms with van der Waals surface area (Å²) in [6, 6.07) is 7.98. The number of amides is 1. The monoisotopic (exact) mass is 470 g/mol. The normalized spacial score (nSPS) is 18.1. The van der Waals surface area contributed by atoms with Gasteiger partial charge in [0.1, 0.15) is 5.75 Å². The maximum Gasteiger partial charge on any atom is 0.286 e. The number of aromatic nitrogens is 1. The number of aliphatic hydroxyl groups is 1. The number of aromatic amines is 1. The number of rotatable bonds is 11. The van der Waals surface area contributed by atoms with Crippen molar-refractivity contribution in [3.8, 4) is 5.75 Å². The summed E-state index contributed by atoms with van der Waals surface area (Å²) < 4.78 is 17.1. The molecule has 2 aromatic heterocycles. The van der Waals surface area contributed by atoms with Crippen molar-refractivity contribution in [3.05, 3.63) is 64.2 Å². The van der Waals surface area contributed by atoms with Crippen molar-refractivity contribution in [2.45, 2.75) is 37.9 Å². The van der Waals surface area contributed by atoms with Gasteiger partial charge in [0.15, 0.2) is 5.76 Å². The van der Waals surface area contributed by atoms with Crippen LogP contribution in [0.4, 0.5) is 0 Å². The molecule has 4 rings (SSSR count). The summed E-state index contributed by atoms with van der Waals surface area (Å²) in [5, 5.41) is 17.2. The molecule has 0 saturated carbocycles. The van der Waals surface area contributed by atoms with Crippen LogP contribution < -0.4 is 10.1 Å². The summed E-state index contributed by atoms with van der Waals surface area (Å²) in [4.78, 5) is 16.2. The third-order valence-corrected chi connectivity index (χ3v) is 6.46. The Morgan fingerprint density at radius 1 is 1.33 bits per heavy atom. The van der Waals surface area contributed by atoms with Crippen molar-refractivity contribution in [3.63, 3.8) is 0 Å². The average Bonchev–Trinajstić information content (AvgIpc) is 3.52. The Kier molecular flexibility index (Phi) is 8.04. The number of unbranched alkanes of at least 4 members (excludes halogenated alkanes) is 1. The quantitative estimate of drug-likeness (QED) is 0.367. The molecule has 1 aromatic carbocycles. The Bertz CT molecular complexity index is 1080. The molecular weight excluding hydrogens is 440 g/mol. The lowest BCUT2D eigenvalue weighted by Crippen LogP contribution is -2.33. The fourth-order valence-electron chi connectivity index (χ4n) is 3.95. The summed E-state index contributed by atoms with van der Waals surface area (Å²) in [5.74, 6) is 0.925. The van der Waals surface area contributed by atoms with Crippen LogP contribution in [0.5, 0.6) is 5.75 Å². The van der Waals surface area contributed by atoms with Gasteiger partial charge in [0, 0.05) is 42.6 Å². The summed E-state index contributed by atoms with van der Waals surface area (Å²) in [6.45, 7) is 1.11. The molecule has 0 unspecified atom stereocenters. The number of carbonyl (C=O) groups excluding carboxylic acids is 1. The average molecular weight is 471 g/mol. The summed E-state index contributed by atoms with van der Waals surface area (Å²) >= 11 is 1.63. The van der Waals surface area contributed by atoms with Crippen molar-refractivity contribution in [1.29, 1.82) is 0 Å². The molecule has 0 bridgehead atoms. The van der Waals surface area contributed by atoms with E-state index in [9.17, 15) is 4.79 Å². The fourth-order valence-corrected chi connectivity index (χ4v) is 4.68. The number of fused-ring (bicyclic) bond motifs is 1. The first kappa shape index (κ1) is 23.4. The van der Waals surface area contributed by atoms with Gasteiger partial charge in [-0.2, -0.15) is 11.3 Å². The van der Waals surface area contributed by atoms with Gasteiger partial charge in [0.2, 0.25) is 6.29 Å². The zero-order valence-electron chi connectivity index (χ0n) is 18.7. The molecule has 8 heteroatoms. The number of hydrogen-bond donors (Lipinski definition) is 3. The molecule has 7 nitrogen and oxygen atoms in total. The van der Waals surface area contributed by atoms with Gasteiger partial charge in [0.25, 0.3) is 5.91 Å². The predicted molar refractivity (Wildman–Crippen MR) is 128 cm³/mol. The van der Waals surface area contributed by atoms with Crippen molar-refractivity contribution in [2.24, 2.45) is 0 Å². The minimum absolute atomic E-state index is 0.0645. The molecule has 1 amide bonds. The van der Waals surface area contributed by atoms with Crippen molar-refractivity contribution >= 4 is 28.1 Å². The second kappa shape index (κ2) is 11.4. The Morgan fingerprint density at radius 2 is 2.24 bits per heavy atom. The van der Waals surface area contributed by atoms with Crippen LogP contribution >= 0.6 is 11.3 Å². The topological polar surface area (TPSA) is 92.8 Å². The van der Waals surface area contributed by atoms with Crippen LogP contribution in [0.25, 0.3) is 10.9 Å². The van der Waals surface area contributed by atoms with E-state index in [-0.39, 0.29) is 18.4 Å². The number of methoxy groups -OCH3 is 1. The largest absolute Gasteiger partial charge is 0.497 e. The molecule has 0 radical (unpaired) electrons. The number of ether oxygens (including phenoxy) is 3. The lowest BCUT2D eigenvalue weighted by atomic mass is 9.95. The smallest absolute Gasteiger partial charge is 0.286 e. The number of hydrogen-bond acceptors (Lipinski definition) is 6. The molecule has 0 fully saturated rings. The molecule has 33 heavy (non-hydrogen) atoms. The number of allylic oxidation sites excluding steroid dienone is 1. The van der Waals surface area contributed by atoms with E-state index in [0.29, 0.717) is 38.2 Å². The Hall–Kier alpha value is -2.81. The molecule has 3 aromatic rings. The number of benzene rings is 1. The van der Waals surface area contributed by atoms with Gasteiger partial charge < -0.3 is 29.6 Å². The van der Waals surface area contributed by atoms with E-state index in [4.69, 9.17) is 19.3 Å². The molecule has 0 spiro atoms. The van der Waals surface area contributed by atoms with Gasteiger partial charge in [-0.05, 0) is 71.5 Å². The second-order valence-corrected chi connectivity index (χ2v) is 8.79.